The maximum Gasteiger partial charge on any atom is 0.177 e. The number of imidazole rings is 1. The number of ether oxygens (including phenoxy) is 1. The molecule has 5 rings (SSSR count). The Bertz CT molecular complexity index is 1300. The van der Waals surface area contributed by atoms with Gasteiger partial charge in [0, 0.05) is 17.4 Å². The van der Waals surface area contributed by atoms with Crippen molar-refractivity contribution >= 4 is 28.6 Å². The first-order valence-electron chi connectivity index (χ1n) is 10.8. The van der Waals surface area contributed by atoms with Gasteiger partial charge in [-0.3, -0.25) is 4.57 Å². The molecule has 0 spiro atoms. The molecule has 0 amide bonds. The molecule has 0 radical (unpaired) electrons. The van der Waals surface area contributed by atoms with Crippen molar-refractivity contribution in [3.63, 3.8) is 0 Å². The summed E-state index contributed by atoms with van der Waals surface area (Å²) in [6, 6.07) is 17.2. The Morgan fingerprint density at radius 3 is 2.53 bits per heavy atom. The molecule has 3 heterocycles. The Morgan fingerprint density at radius 1 is 1.06 bits per heavy atom. The zero-order valence-corrected chi connectivity index (χ0v) is 18.8. The molecule has 10 heteroatoms. The first-order valence-corrected chi connectivity index (χ1v) is 11.2. The van der Waals surface area contributed by atoms with Crippen LogP contribution in [-0.2, 0) is 10.5 Å². The predicted octanol–water partition coefficient (Wildman–Crippen LogP) is 2.05. The monoisotopic (exact) mass is 481 g/mol. The summed E-state index contributed by atoms with van der Waals surface area (Å²) in [4.78, 5) is 12.6. The van der Waals surface area contributed by atoms with Gasteiger partial charge in [-0.1, -0.05) is 54.1 Å². The number of rotatable bonds is 6. The molecule has 0 bridgehead atoms. The van der Waals surface area contributed by atoms with Gasteiger partial charge in [-0.15, -0.1) is 0 Å². The van der Waals surface area contributed by atoms with Crippen LogP contribution in [0.25, 0.3) is 11.2 Å². The number of aliphatic hydroxyl groups is 3. The zero-order valence-electron chi connectivity index (χ0n) is 18.1. The third-order valence-electron chi connectivity index (χ3n) is 6.42. The van der Waals surface area contributed by atoms with Gasteiger partial charge in [0.15, 0.2) is 17.2 Å². The Labute approximate surface area is 200 Å². The number of hydrogen-bond donors (Lipinski definition) is 4. The second-order valence-electron chi connectivity index (χ2n) is 8.39. The van der Waals surface area contributed by atoms with E-state index in [9.17, 15) is 15.3 Å². The number of aliphatic hydroxyl groups excluding tert-OH is 3. The van der Waals surface area contributed by atoms with Gasteiger partial charge < -0.3 is 25.8 Å². The van der Waals surface area contributed by atoms with E-state index in [0.717, 1.165) is 11.1 Å². The maximum atomic E-state index is 11.4. The number of halogens is 1. The van der Waals surface area contributed by atoms with Gasteiger partial charge in [0.05, 0.1) is 12.9 Å². The number of fused-ring (bicyclic) bond motifs is 1. The summed E-state index contributed by atoms with van der Waals surface area (Å²) in [7, 11) is 0. The number of benzene rings is 2. The van der Waals surface area contributed by atoms with Gasteiger partial charge in [0.1, 0.15) is 30.2 Å². The second-order valence-corrected chi connectivity index (χ2v) is 8.82. The summed E-state index contributed by atoms with van der Waals surface area (Å²) in [5, 5.41) is 32.6. The first-order chi connectivity index (χ1) is 16.4. The van der Waals surface area contributed by atoms with Crippen LogP contribution in [0.3, 0.4) is 0 Å². The average Bonchev–Trinajstić information content (AvgIpc) is 3.39. The molecule has 1 saturated heterocycles. The van der Waals surface area contributed by atoms with Crippen LogP contribution in [0.1, 0.15) is 23.5 Å². The second kappa shape index (κ2) is 8.94. The van der Waals surface area contributed by atoms with Crippen LogP contribution in [0.15, 0.2) is 67.3 Å². The lowest BCUT2D eigenvalue weighted by Gasteiger charge is -2.37. The molecule has 2 aromatic carbocycles. The number of nitrogens with zero attached hydrogens (tertiary/aromatic N) is 4. The molecule has 1 fully saturated rings. The molecule has 1 aliphatic rings. The fourth-order valence-corrected chi connectivity index (χ4v) is 4.94. The fourth-order valence-electron chi connectivity index (χ4n) is 4.74. The minimum absolute atomic E-state index is 0.181. The van der Waals surface area contributed by atoms with E-state index in [0.29, 0.717) is 16.2 Å². The highest BCUT2D eigenvalue weighted by Gasteiger charge is 2.57. The first kappa shape index (κ1) is 22.7. The quantitative estimate of drug-likeness (QED) is 0.328. The van der Waals surface area contributed by atoms with E-state index in [-0.39, 0.29) is 18.2 Å². The zero-order chi connectivity index (χ0) is 23.9. The van der Waals surface area contributed by atoms with Crippen molar-refractivity contribution in [3.05, 3.63) is 83.4 Å². The van der Waals surface area contributed by atoms with Crippen molar-refractivity contribution in [1.29, 1.82) is 0 Å². The molecular formula is C24H24ClN5O4. The van der Waals surface area contributed by atoms with Crippen LogP contribution in [0.4, 0.5) is 5.82 Å². The number of anilines is 1. The van der Waals surface area contributed by atoms with Crippen LogP contribution in [0.5, 0.6) is 0 Å². The van der Waals surface area contributed by atoms with E-state index in [1.807, 2.05) is 48.5 Å². The standard InChI is InChI=1S/C24H24ClN5O4/c25-16-8-4-7-15(9-16)17(14-5-2-1-3-6-14)10-24(21(33)20(32)18(11-31)34-24)30-13-29-19-22(26)27-12-28-23(19)30/h1-9,12-13,17-18,20-21,31-33H,10-11H2,(H2,26,27,28)/t17?,18-,20-,21-,24-/m1/s1. The largest absolute Gasteiger partial charge is 0.394 e. The maximum absolute atomic E-state index is 11.4. The lowest BCUT2D eigenvalue weighted by molar-refractivity contribution is -0.152. The number of nitrogens with two attached hydrogens (primary N) is 1. The third kappa shape index (κ3) is 3.71. The summed E-state index contributed by atoms with van der Waals surface area (Å²) < 4.78 is 7.83. The predicted molar refractivity (Wildman–Crippen MR) is 126 cm³/mol. The van der Waals surface area contributed by atoms with E-state index in [1.165, 1.54) is 12.7 Å². The minimum Gasteiger partial charge on any atom is -0.394 e. The van der Waals surface area contributed by atoms with Crippen LogP contribution in [-0.4, -0.2) is 59.8 Å². The van der Waals surface area contributed by atoms with Gasteiger partial charge in [-0.2, -0.15) is 0 Å². The van der Waals surface area contributed by atoms with E-state index < -0.39 is 30.6 Å². The van der Waals surface area contributed by atoms with E-state index in [4.69, 9.17) is 22.1 Å². The summed E-state index contributed by atoms with van der Waals surface area (Å²) in [6.45, 7) is -0.475. The van der Waals surface area contributed by atoms with Crippen molar-refractivity contribution in [3.8, 4) is 0 Å². The highest BCUT2D eigenvalue weighted by molar-refractivity contribution is 6.30. The molecule has 2 aromatic heterocycles. The Balaban J connectivity index is 1.71. The molecule has 1 aliphatic heterocycles. The lowest BCUT2D eigenvalue weighted by Crippen LogP contribution is -2.46. The Morgan fingerprint density at radius 2 is 1.82 bits per heavy atom. The molecule has 0 saturated carbocycles. The van der Waals surface area contributed by atoms with Crippen molar-refractivity contribution < 1.29 is 20.1 Å². The van der Waals surface area contributed by atoms with E-state index in [1.54, 1.807) is 10.6 Å². The smallest absolute Gasteiger partial charge is 0.177 e. The molecule has 34 heavy (non-hydrogen) atoms. The van der Waals surface area contributed by atoms with Gasteiger partial charge in [0.25, 0.3) is 0 Å². The topological polar surface area (TPSA) is 140 Å². The molecule has 4 aromatic rings. The van der Waals surface area contributed by atoms with Crippen molar-refractivity contribution in [2.24, 2.45) is 0 Å². The highest BCUT2D eigenvalue weighted by atomic mass is 35.5. The fraction of sp³-hybridized carbons (Fsp3) is 0.292. The van der Waals surface area contributed by atoms with Gasteiger partial charge >= 0.3 is 0 Å². The molecule has 176 valence electrons. The SMILES string of the molecule is Nc1ncnc2c1ncn2[C@]1(CC(c2ccccc2)c2cccc(Cl)c2)O[C@H](CO)[C@@H](O)[C@H]1O. The van der Waals surface area contributed by atoms with Crippen LogP contribution in [0.2, 0.25) is 5.02 Å². The van der Waals surface area contributed by atoms with Crippen molar-refractivity contribution in [2.75, 3.05) is 12.3 Å². The molecule has 9 nitrogen and oxygen atoms in total. The molecule has 0 aliphatic carbocycles. The van der Waals surface area contributed by atoms with E-state index >= 15 is 0 Å². The summed E-state index contributed by atoms with van der Waals surface area (Å²) in [5.41, 5.74) is 7.01. The molecular weight excluding hydrogens is 458 g/mol. The normalized spacial score (nSPS) is 25.6. The summed E-state index contributed by atoms with van der Waals surface area (Å²) in [5.74, 6) is -0.115. The Hall–Kier alpha value is -3.08. The third-order valence-corrected chi connectivity index (χ3v) is 6.66. The van der Waals surface area contributed by atoms with E-state index in [2.05, 4.69) is 15.0 Å². The molecule has 5 N–H and O–H groups in total. The van der Waals surface area contributed by atoms with Crippen molar-refractivity contribution in [1.82, 2.24) is 19.5 Å². The van der Waals surface area contributed by atoms with Gasteiger partial charge in [-0.25, -0.2) is 15.0 Å². The average molecular weight is 482 g/mol. The number of aromatic nitrogens is 4. The Kier molecular flexibility index (Phi) is 5.97. The number of hydrogen-bond acceptors (Lipinski definition) is 8. The van der Waals surface area contributed by atoms with Crippen LogP contribution >= 0.6 is 11.6 Å². The highest BCUT2D eigenvalue weighted by Crippen LogP contribution is 2.46. The van der Waals surface area contributed by atoms with Gasteiger partial charge in [0.2, 0.25) is 0 Å². The van der Waals surface area contributed by atoms with Crippen LogP contribution in [0, 0.1) is 0 Å². The minimum atomic E-state index is -1.52. The lowest BCUT2D eigenvalue weighted by atomic mass is 9.82. The molecule has 5 atom stereocenters. The number of nitrogen functional groups attached to an aromatic ring is 1. The summed E-state index contributed by atoms with van der Waals surface area (Å²) >= 11 is 6.32. The van der Waals surface area contributed by atoms with Crippen molar-refractivity contribution in [2.45, 2.75) is 36.4 Å². The summed E-state index contributed by atoms with van der Waals surface area (Å²) in [6.07, 6.45) is -0.799. The van der Waals surface area contributed by atoms with Crippen LogP contribution < -0.4 is 5.73 Å². The van der Waals surface area contributed by atoms with Gasteiger partial charge in [-0.05, 0) is 23.3 Å². The molecule has 1 unspecified atom stereocenters.